The number of aryl methyl sites for hydroxylation is 2. The molecule has 1 aromatic heterocycles. The summed E-state index contributed by atoms with van der Waals surface area (Å²) in [5.41, 5.74) is 2.85. The van der Waals surface area contributed by atoms with Gasteiger partial charge in [0.15, 0.2) is 0 Å². The van der Waals surface area contributed by atoms with Crippen LogP contribution in [0.5, 0.6) is 0 Å². The van der Waals surface area contributed by atoms with Crippen LogP contribution in [0.4, 0.5) is 0 Å². The predicted molar refractivity (Wildman–Crippen MR) is 125 cm³/mol. The number of carbonyl (C=O) groups excluding carboxylic acids is 2. The van der Waals surface area contributed by atoms with E-state index in [9.17, 15) is 9.59 Å². The van der Waals surface area contributed by atoms with Crippen molar-refractivity contribution in [3.8, 4) is 0 Å². The summed E-state index contributed by atoms with van der Waals surface area (Å²) in [6.07, 6.45) is 1.93. The SMILES string of the molecule is Cc1ccc(C(=O)N(CC(=O)N(Cc2ccccc2)Cc2ccc(C)s2)C2CC2)cc1. The number of hydrogen-bond donors (Lipinski definition) is 0. The molecule has 1 aliphatic rings. The highest BCUT2D eigenvalue weighted by atomic mass is 32.1. The van der Waals surface area contributed by atoms with E-state index in [1.54, 1.807) is 16.2 Å². The molecule has 4 rings (SSSR count). The van der Waals surface area contributed by atoms with E-state index in [4.69, 9.17) is 0 Å². The molecule has 1 fully saturated rings. The molecule has 0 atom stereocenters. The summed E-state index contributed by atoms with van der Waals surface area (Å²) >= 11 is 1.71. The van der Waals surface area contributed by atoms with Gasteiger partial charge in [-0.3, -0.25) is 9.59 Å². The summed E-state index contributed by atoms with van der Waals surface area (Å²) in [5.74, 6) is -0.0650. The molecule has 0 aliphatic heterocycles. The summed E-state index contributed by atoms with van der Waals surface area (Å²) in [4.78, 5) is 32.6. The second-order valence-corrected chi connectivity index (χ2v) is 9.65. The van der Waals surface area contributed by atoms with Gasteiger partial charge >= 0.3 is 0 Å². The number of hydrogen-bond acceptors (Lipinski definition) is 3. The molecule has 2 aromatic carbocycles. The Morgan fingerprint density at radius 3 is 2.23 bits per heavy atom. The van der Waals surface area contributed by atoms with Crippen LogP contribution in [0, 0.1) is 13.8 Å². The Morgan fingerprint density at radius 2 is 1.61 bits per heavy atom. The number of thiophene rings is 1. The van der Waals surface area contributed by atoms with Crippen LogP contribution in [0.1, 0.15) is 44.1 Å². The molecule has 0 radical (unpaired) electrons. The summed E-state index contributed by atoms with van der Waals surface area (Å²) in [7, 11) is 0. The van der Waals surface area contributed by atoms with Crippen LogP contribution in [0.3, 0.4) is 0 Å². The van der Waals surface area contributed by atoms with Crippen molar-refractivity contribution in [2.45, 2.75) is 45.8 Å². The number of benzene rings is 2. The van der Waals surface area contributed by atoms with Gasteiger partial charge in [0.25, 0.3) is 5.91 Å². The first kappa shape index (κ1) is 21.3. The largest absolute Gasteiger partial charge is 0.332 e. The molecule has 160 valence electrons. The average molecular weight is 433 g/mol. The first-order valence-electron chi connectivity index (χ1n) is 10.7. The first-order chi connectivity index (χ1) is 15.0. The Labute approximate surface area is 188 Å². The highest BCUT2D eigenvalue weighted by molar-refractivity contribution is 7.11. The van der Waals surface area contributed by atoms with Gasteiger partial charge in [0, 0.05) is 27.9 Å². The molecule has 31 heavy (non-hydrogen) atoms. The molecule has 0 bridgehead atoms. The number of rotatable bonds is 8. The lowest BCUT2D eigenvalue weighted by Gasteiger charge is -2.28. The van der Waals surface area contributed by atoms with Crippen LogP contribution >= 0.6 is 11.3 Å². The lowest BCUT2D eigenvalue weighted by Crippen LogP contribution is -2.43. The van der Waals surface area contributed by atoms with Crippen molar-refractivity contribution in [3.05, 3.63) is 93.2 Å². The van der Waals surface area contributed by atoms with Crippen LogP contribution in [-0.4, -0.2) is 34.2 Å². The summed E-state index contributed by atoms with van der Waals surface area (Å²) in [6, 6.07) is 22.0. The van der Waals surface area contributed by atoms with E-state index >= 15 is 0 Å². The van der Waals surface area contributed by atoms with E-state index in [2.05, 4.69) is 19.1 Å². The van der Waals surface area contributed by atoms with Crippen molar-refractivity contribution in [2.75, 3.05) is 6.54 Å². The van der Waals surface area contributed by atoms with Gasteiger partial charge in [-0.05, 0) is 56.5 Å². The second kappa shape index (κ2) is 9.48. The van der Waals surface area contributed by atoms with Gasteiger partial charge in [-0.1, -0.05) is 48.0 Å². The summed E-state index contributed by atoms with van der Waals surface area (Å²) < 4.78 is 0. The zero-order valence-corrected chi connectivity index (χ0v) is 18.9. The Kier molecular flexibility index (Phi) is 6.52. The van der Waals surface area contributed by atoms with E-state index < -0.39 is 0 Å². The standard InChI is InChI=1S/C26H28N2O2S/c1-19-8-11-22(12-9-19)26(30)28(23-13-14-23)18-25(29)27(16-21-6-4-3-5-7-21)17-24-15-10-20(2)31-24/h3-12,15,23H,13-14,16-18H2,1-2H3. The van der Waals surface area contributed by atoms with E-state index in [-0.39, 0.29) is 24.4 Å². The zero-order valence-electron chi connectivity index (χ0n) is 18.1. The lowest BCUT2D eigenvalue weighted by atomic mass is 10.1. The van der Waals surface area contributed by atoms with Gasteiger partial charge in [-0.15, -0.1) is 11.3 Å². The fraction of sp³-hybridized carbons (Fsp3) is 0.308. The molecule has 1 saturated carbocycles. The molecule has 0 unspecified atom stereocenters. The molecule has 0 N–H and O–H groups in total. The maximum absolute atomic E-state index is 13.4. The van der Waals surface area contributed by atoms with Crippen molar-refractivity contribution in [2.24, 2.45) is 0 Å². The number of amides is 2. The van der Waals surface area contributed by atoms with Crippen molar-refractivity contribution in [1.82, 2.24) is 9.80 Å². The third-order valence-corrected chi connectivity index (χ3v) is 6.55. The average Bonchev–Trinajstić information content (AvgIpc) is 3.53. The Morgan fingerprint density at radius 1 is 0.903 bits per heavy atom. The quantitative estimate of drug-likeness (QED) is 0.491. The first-order valence-corrected chi connectivity index (χ1v) is 11.6. The number of nitrogens with zero attached hydrogens (tertiary/aromatic N) is 2. The maximum atomic E-state index is 13.4. The van der Waals surface area contributed by atoms with Crippen molar-refractivity contribution in [1.29, 1.82) is 0 Å². The maximum Gasteiger partial charge on any atom is 0.254 e. The number of carbonyl (C=O) groups is 2. The molecule has 5 heteroatoms. The predicted octanol–water partition coefficient (Wildman–Crippen LogP) is 5.20. The van der Waals surface area contributed by atoms with Crippen LogP contribution in [0.15, 0.2) is 66.7 Å². The van der Waals surface area contributed by atoms with Gasteiger partial charge in [0.05, 0.1) is 6.54 Å². The second-order valence-electron chi connectivity index (χ2n) is 8.28. The van der Waals surface area contributed by atoms with E-state index in [1.165, 1.54) is 4.88 Å². The molecule has 3 aromatic rings. The van der Waals surface area contributed by atoms with Crippen molar-refractivity contribution >= 4 is 23.2 Å². The monoisotopic (exact) mass is 432 g/mol. The van der Waals surface area contributed by atoms with Crippen molar-refractivity contribution in [3.63, 3.8) is 0 Å². The molecule has 1 aliphatic carbocycles. The third-order valence-electron chi connectivity index (χ3n) is 5.56. The molecule has 2 amide bonds. The summed E-state index contributed by atoms with van der Waals surface area (Å²) in [5, 5.41) is 0. The smallest absolute Gasteiger partial charge is 0.254 e. The van der Waals surface area contributed by atoms with E-state index in [0.29, 0.717) is 18.7 Å². The van der Waals surface area contributed by atoms with Crippen LogP contribution < -0.4 is 0 Å². The third kappa shape index (κ3) is 5.61. The Balaban J connectivity index is 1.52. The molecule has 4 nitrogen and oxygen atoms in total. The minimum absolute atomic E-state index is 0.0118. The Hall–Kier alpha value is -2.92. The molecular formula is C26H28N2O2S. The fourth-order valence-electron chi connectivity index (χ4n) is 3.65. The van der Waals surface area contributed by atoms with Crippen LogP contribution in [0.25, 0.3) is 0 Å². The van der Waals surface area contributed by atoms with Gasteiger partial charge in [-0.2, -0.15) is 0 Å². The van der Waals surface area contributed by atoms with Gasteiger partial charge < -0.3 is 9.80 Å². The normalized spacial score (nSPS) is 13.1. The van der Waals surface area contributed by atoms with Crippen molar-refractivity contribution < 1.29 is 9.59 Å². The summed E-state index contributed by atoms with van der Waals surface area (Å²) in [6.45, 7) is 5.29. The Bertz CT molecular complexity index is 1040. The van der Waals surface area contributed by atoms with Gasteiger partial charge in [0.1, 0.15) is 6.54 Å². The minimum atomic E-state index is -0.0533. The van der Waals surface area contributed by atoms with Crippen LogP contribution in [-0.2, 0) is 17.9 Å². The molecular weight excluding hydrogens is 404 g/mol. The zero-order chi connectivity index (χ0) is 21.8. The van der Waals surface area contributed by atoms with E-state index in [1.807, 2.05) is 66.4 Å². The minimum Gasteiger partial charge on any atom is -0.332 e. The lowest BCUT2D eigenvalue weighted by molar-refractivity contribution is -0.133. The highest BCUT2D eigenvalue weighted by Crippen LogP contribution is 2.29. The van der Waals surface area contributed by atoms with Gasteiger partial charge in [-0.25, -0.2) is 0 Å². The molecule has 0 saturated heterocycles. The topological polar surface area (TPSA) is 40.6 Å². The van der Waals surface area contributed by atoms with Gasteiger partial charge in [0.2, 0.25) is 5.91 Å². The van der Waals surface area contributed by atoms with Crippen LogP contribution in [0.2, 0.25) is 0 Å². The molecule has 1 heterocycles. The van der Waals surface area contributed by atoms with E-state index in [0.717, 1.165) is 28.8 Å². The molecule has 0 spiro atoms. The fourth-order valence-corrected chi connectivity index (χ4v) is 4.56. The highest BCUT2D eigenvalue weighted by Gasteiger charge is 2.35.